The lowest BCUT2D eigenvalue weighted by atomic mass is 10.2. The van der Waals surface area contributed by atoms with Crippen molar-refractivity contribution in [2.24, 2.45) is 0 Å². The van der Waals surface area contributed by atoms with Gasteiger partial charge in [-0.25, -0.2) is 0 Å². The summed E-state index contributed by atoms with van der Waals surface area (Å²) in [5, 5.41) is 5.58. The van der Waals surface area contributed by atoms with Gasteiger partial charge in [0.05, 0.1) is 9.93 Å². The van der Waals surface area contributed by atoms with Gasteiger partial charge in [0.15, 0.2) is 0 Å². The Labute approximate surface area is 178 Å². The van der Waals surface area contributed by atoms with Crippen LogP contribution in [0.1, 0.15) is 14.5 Å². The molecule has 0 unspecified atom stereocenters. The Bertz CT molecular complexity index is 1110. The third-order valence-electron chi connectivity index (χ3n) is 4.05. The molecule has 9 heteroatoms. The monoisotopic (exact) mass is 448 g/mol. The van der Waals surface area contributed by atoms with Crippen molar-refractivity contribution in [2.45, 2.75) is 0 Å². The van der Waals surface area contributed by atoms with Gasteiger partial charge in [0, 0.05) is 28.1 Å². The molecule has 1 aliphatic rings. The van der Waals surface area contributed by atoms with Crippen LogP contribution in [0.5, 0.6) is 0 Å². The number of thioether (sulfide) groups is 1. The average Bonchev–Trinajstić information content (AvgIpc) is 3.38. The minimum absolute atomic E-state index is 0.112. The molecule has 4 rings (SSSR count). The predicted octanol–water partition coefficient (Wildman–Crippen LogP) is 5.08. The first kappa shape index (κ1) is 19.2. The van der Waals surface area contributed by atoms with Crippen LogP contribution in [-0.2, 0) is 4.79 Å². The third kappa shape index (κ3) is 3.73. The molecule has 0 saturated carbocycles. The summed E-state index contributed by atoms with van der Waals surface area (Å²) in [6, 6.07) is 11.3. The van der Waals surface area contributed by atoms with Crippen molar-refractivity contribution in [3.63, 3.8) is 0 Å². The van der Waals surface area contributed by atoms with E-state index in [-0.39, 0.29) is 30.1 Å². The SMILES string of the molecule is O=C(NCCN1C(=O)S/C(=C\c2cccs2)C1=O)c1sc2ccccc2c1Cl. The van der Waals surface area contributed by atoms with Gasteiger partial charge in [0.25, 0.3) is 17.1 Å². The van der Waals surface area contributed by atoms with Gasteiger partial charge in [0.1, 0.15) is 4.88 Å². The van der Waals surface area contributed by atoms with Crippen LogP contribution < -0.4 is 5.32 Å². The molecular formula is C19H13ClN2O3S3. The van der Waals surface area contributed by atoms with E-state index < -0.39 is 0 Å². The lowest BCUT2D eigenvalue weighted by Gasteiger charge is -2.12. The fraction of sp³-hybridized carbons (Fsp3) is 0.105. The molecule has 5 nitrogen and oxygen atoms in total. The van der Waals surface area contributed by atoms with E-state index in [4.69, 9.17) is 11.6 Å². The zero-order chi connectivity index (χ0) is 19.7. The normalized spacial score (nSPS) is 15.8. The number of imide groups is 1. The second-order valence-electron chi connectivity index (χ2n) is 5.85. The van der Waals surface area contributed by atoms with Crippen molar-refractivity contribution in [1.82, 2.24) is 10.2 Å². The van der Waals surface area contributed by atoms with Crippen molar-refractivity contribution >= 4 is 79.3 Å². The molecule has 28 heavy (non-hydrogen) atoms. The summed E-state index contributed by atoms with van der Waals surface area (Å²) >= 11 is 10.0. The largest absolute Gasteiger partial charge is 0.349 e. The molecule has 142 valence electrons. The molecule has 0 radical (unpaired) electrons. The molecule has 3 aromatic rings. The van der Waals surface area contributed by atoms with E-state index in [0.717, 1.165) is 31.6 Å². The highest BCUT2D eigenvalue weighted by molar-refractivity contribution is 8.18. The fourth-order valence-electron chi connectivity index (χ4n) is 2.72. The van der Waals surface area contributed by atoms with E-state index >= 15 is 0 Å². The van der Waals surface area contributed by atoms with Crippen LogP contribution in [0.3, 0.4) is 0 Å². The minimum Gasteiger partial charge on any atom is -0.349 e. The maximum Gasteiger partial charge on any atom is 0.293 e. The number of nitrogens with zero attached hydrogens (tertiary/aromatic N) is 1. The highest BCUT2D eigenvalue weighted by Crippen LogP contribution is 2.35. The fourth-order valence-corrected chi connectivity index (χ4v) is 5.74. The van der Waals surface area contributed by atoms with Crippen LogP contribution in [0, 0.1) is 0 Å². The standard InChI is InChI=1S/C19H13ClN2O3S3/c20-15-12-5-1-2-6-13(12)27-16(15)17(23)21-7-8-22-18(24)14(28-19(22)25)10-11-4-3-9-26-11/h1-6,9-10H,7-8H2,(H,21,23)/b14-10-. The number of halogens is 1. The quantitative estimate of drug-likeness (QED) is 0.552. The maximum absolute atomic E-state index is 12.5. The Hall–Kier alpha value is -2.13. The van der Waals surface area contributed by atoms with Gasteiger partial charge in [-0.15, -0.1) is 22.7 Å². The second kappa shape index (κ2) is 8.08. The van der Waals surface area contributed by atoms with Crippen LogP contribution in [0.25, 0.3) is 16.2 Å². The zero-order valence-electron chi connectivity index (χ0n) is 14.3. The highest BCUT2D eigenvalue weighted by Gasteiger charge is 2.34. The molecule has 0 spiro atoms. The summed E-state index contributed by atoms with van der Waals surface area (Å²) in [7, 11) is 0. The van der Waals surface area contributed by atoms with Crippen molar-refractivity contribution in [3.8, 4) is 0 Å². The molecule has 3 heterocycles. The van der Waals surface area contributed by atoms with Crippen LogP contribution in [0.15, 0.2) is 46.7 Å². The van der Waals surface area contributed by atoms with Crippen LogP contribution in [-0.4, -0.2) is 35.0 Å². The van der Waals surface area contributed by atoms with Crippen molar-refractivity contribution < 1.29 is 14.4 Å². The van der Waals surface area contributed by atoms with E-state index in [1.54, 1.807) is 6.08 Å². The van der Waals surface area contributed by atoms with Crippen LogP contribution in [0.2, 0.25) is 5.02 Å². The molecule has 1 N–H and O–H groups in total. The molecular weight excluding hydrogens is 436 g/mol. The number of rotatable bonds is 5. The summed E-state index contributed by atoms with van der Waals surface area (Å²) in [5.41, 5.74) is 0. The topological polar surface area (TPSA) is 66.5 Å². The van der Waals surface area contributed by atoms with E-state index in [0.29, 0.717) is 14.8 Å². The van der Waals surface area contributed by atoms with E-state index in [1.807, 2.05) is 41.8 Å². The number of hydrogen-bond acceptors (Lipinski definition) is 6. The predicted molar refractivity (Wildman–Crippen MR) is 116 cm³/mol. The molecule has 0 bridgehead atoms. The molecule has 0 aliphatic carbocycles. The number of thiophene rings is 2. The number of amides is 3. The number of fused-ring (bicyclic) bond motifs is 1. The molecule has 1 aromatic carbocycles. The Morgan fingerprint density at radius 2 is 2.00 bits per heavy atom. The number of carbonyl (C=O) groups excluding carboxylic acids is 3. The molecule has 0 atom stereocenters. The average molecular weight is 449 g/mol. The Kier molecular flexibility index (Phi) is 5.54. The van der Waals surface area contributed by atoms with Crippen LogP contribution in [0.4, 0.5) is 4.79 Å². The lowest BCUT2D eigenvalue weighted by Crippen LogP contribution is -2.37. The zero-order valence-corrected chi connectivity index (χ0v) is 17.5. The number of nitrogens with one attached hydrogen (secondary N) is 1. The molecule has 1 fully saturated rings. The summed E-state index contributed by atoms with van der Waals surface area (Å²) < 4.78 is 0.933. The first-order valence-electron chi connectivity index (χ1n) is 8.28. The van der Waals surface area contributed by atoms with Crippen molar-refractivity contribution in [3.05, 3.63) is 61.5 Å². The smallest absolute Gasteiger partial charge is 0.293 e. The van der Waals surface area contributed by atoms with Crippen molar-refractivity contribution in [1.29, 1.82) is 0 Å². The number of benzene rings is 1. The maximum atomic E-state index is 12.5. The van der Waals surface area contributed by atoms with Gasteiger partial charge < -0.3 is 5.32 Å². The van der Waals surface area contributed by atoms with Gasteiger partial charge >= 0.3 is 0 Å². The van der Waals surface area contributed by atoms with Gasteiger partial charge in [-0.2, -0.15) is 0 Å². The second-order valence-corrected chi connectivity index (χ2v) is 9.25. The summed E-state index contributed by atoms with van der Waals surface area (Å²) in [5.74, 6) is -0.648. The Morgan fingerprint density at radius 3 is 2.75 bits per heavy atom. The highest BCUT2D eigenvalue weighted by atomic mass is 35.5. The summed E-state index contributed by atoms with van der Waals surface area (Å²) in [6.45, 7) is 0.272. The van der Waals surface area contributed by atoms with E-state index in [1.165, 1.54) is 22.7 Å². The molecule has 1 aliphatic heterocycles. The van der Waals surface area contributed by atoms with Gasteiger partial charge in [-0.05, 0) is 35.4 Å². The van der Waals surface area contributed by atoms with E-state index in [2.05, 4.69) is 5.32 Å². The summed E-state index contributed by atoms with van der Waals surface area (Å²) in [6.07, 6.45) is 1.71. The number of carbonyl (C=O) groups is 3. The molecule has 2 aromatic heterocycles. The first-order chi connectivity index (χ1) is 13.5. The Balaban J connectivity index is 1.39. The van der Waals surface area contributed by atoms with E-state index in [9.17, 15) is 14.4 Å². The van der Waals surface area contributed by atoms with Crippen molar-refractivity contribution in [2.75, 3.05) is 13.1 Å². The van der Waals surface area contributed by atoms with Gasteiger partial charge in [-0.1, -0.05) is 35.9 Å². The molecule has 3 amide bonds. The molecule has 1 saturated heterocycles. The van der Waals surface area contributed by atoms with Gasteiger partial charge in [-0.3, -0.25) is 19.3 Å². The number of hydrogen-bond donors (Lipinski definition) is 1. The lowest BCUT2D eigenvalue weighted by molar-refractivity contribution is -0.122. The van der Waals surface area contributed by atoms with Gasteiger partial charge in [0.2, 0.25) is 0 Å². The first-order valence-corrected chi connectivity index (χ1v) is 11.2. The minimum atomic E-state index is -0.336. The third-order valence-corrected chi connectivity index (χ3v) is 7.45. The Morgan fingerprint density at radius 1 is 1.18 bits per heavy atom. The summed E-state index contributed by atoms with van der Waals surface area (Å²) in [4.78, 5) is 39.9. The van der Waals surface area contributed by atoms with Crippen LogP contribution >= 0.6 is 46.0 Å².